The predicted molar refractivity (Wildman–Crippen MR) is 46.5 cm³/mol. The second-order valence-electron chi connectivity index (χ2n) is 2.90. The fourth-order valence-electron chi connectivity index (χ4n) is 1.22. The fourth-order valence-corrected chi connectivity index (χ4v) is 2.07. The summed E-state index contributed by atoms with van der Waals surface area (Å²) in [6, 6.07) is 0. The Bertz CT molecular complexity index is 387. The highest BCUT2D eigenvalue weighted by atomic mass is 35.5. The van der Waals surface area contributed by atoms with E-state index in [2.05, 4.69) is 0 Å². The lowest BCUT2D eigenvalue weighted by Gasteiger charge is -2.06. The van der Waals surface area contributed by atoms with Crippen LogP contribution in [0.1, 0.15) is 18.7 Å². The molecular weight excluding hydrogens is 228 g/mol. The number of aromatic nitrogens is 2. The third kappa shape index (κ3) is 2.97. The van der Waals surface area contributed by atoms with Gasteiger partial charge in [-0.2, -0.15) is 8.42 Å². The Morgan fingerprint density at radius 1 is 1.57 bits per heavy atom. The molecule has 1 aromatic heterocycles. The minimum Gasteiger partial charge on any atom is -1.00 e. The van der Waals surface area contributed by atoms with Gasteiger partial charge >= 0.3 is 10.1 Å². The molecular formula is C7H13ClN2O3S. The summed E-state index contributed by atoms with van der Waals surface area (Å²) in [4.78, 5) is 0. The summed E-state index contributed by atoms with van der Waals surface area (Å²) in [5, 5.41) is -0.881. The number of imidazole rings is 1. The maximum absolute atomic E-state index is 10.9. The summed E-state index contributed by atoms with van der Waals surface area (Å²) in [5.74, 6) is 0. The van der Waals surface area contributed by atoms with Crippen LogP contribution in [0.15, 0.2) is 18.7 Å². The molecule has 14 heavy (non-hydrogen) atoms. The Morgan fingerprint density at radius 3 is 2.43 bits per heavy atom. The number of aryl methyl sites for hydroxylation is 1. The van der Waals surface area contributed by atoms with E-state index in [1.807, 2.05) is 0 Å². The van der Waals surface area contributed by atoms with Gasteiger partial charge < -0.3 is 12.4 Å². The molecule has 1 rings (SSSR count). The van der Waals surface area contributed by atoms with Gasteiger partial charge in [-0.25, -0.2) is 9.13 Å². The highest BCUT2D eigenvalue weighted by molar-refractivity contribution is 7.85. The average Bonchev–Trinajstić information content (AvgIpc) is 2.34. The van der Waals surface area contributed by atoms with E-state index in [1.165, 1.54) is 4.57 Å². The summed E-state index contributed by atoms with van der Waals surface area (Å²) in [6.45, 7) is 1.71. The van der Waals surface area contributed by atoms with Crippen LogP contribution >= 0.6 is 0 Å². The van der Waals surface area contributed by atoms with E-state index in [4.69, 9.17) is 4.55 Å². The molecule has 0 fully saturated rings. The number of nitrogens with zero attached hydrogens (tertiary/aromatic N) is 2. The molecule has 0 amide bonds. The number of rotatable bonds is 3. The van der Waals surface area contributed by atoms with Gasteiger partial charge in [0.1, 0.15) is 12.4 Å². The largest absolute Gasteiger partial charge is 1.00 e. The highest BCUT2D eigenvalue weighted by Gasteiger charge is 2.27. The maximum atomic E-state index is 10.9. The van der Waals surface area contributed by atoms with Crippen molar-refractivity contribution in [3.63, 3.8) is 0 Å². The van der Waals surface area contributed by atoms with Crippen molar-refractivity contribution >= 4 is 10.1 Å². The molecule has 0 aliphatic rings. The molecule has 0 aromatic carbocycles. The van der Waals surface area contributed by atoms with Crippen LogP contribution in [-0.2, 0) is 17.2 Å². The van der Waals surface area contributed by atoms with Gasteiger partial charge in [0, 0.05) is 6.42 Å². The van der Waals surface area contributed by atoms with Crippen molar-refractivity contribution in [2.75, 3.05) is 0 Å². The topological polar surface area (TPSA) is 63.2 Å². The lowest BCUT2D eigenvalue weighted by Crippen LogP contribution is -3.00. The molecule has 82 valence electrons. The molecule has 0 aliphatic heterocycles. The lowest BCUT2D eigenvalue weighted by atomic mass is 10.5. The van der Waals surface area contributed by atoms with E-state index in [0.29, 0.717) is 6.42 Å². The third-order valence-electron chi connectivity index (χ3n) is 1.82. The summed E-state index contributed by atoms with van der Waals surface area (Å²) < 4.78 is 33.9. The van der Waals surface area contributed by atoms with Crippen LogP contribution in [0.4, 0.5) is 0 Å². The Labute approximate surface area is 89.5 Å². The first-order valence-corrected chi connectivity index (χ1v) is 5.44. The van der Waals surface area contributed by atoms with Crippen LogP contribution in [0.3, 0.4) is 0 Å². The van der Waals surface area contributed by atoms with Crippen LogP contribution in [-0.4, -0.2) is 17.5 Å². The molecule has 1 unspecified atom stereocenters. The van der Waals surface area contributed by atoms with Crippen molar-refractivity contribution in [2.45, 2.75) is 18.7 Å². The Morgan fingerprint density at radius 2 is 2.14 bits per heavy atom. The first kappa shape index (κ1) is 13.4. The van der Waals surface area contributed by atoms with E-state index in [-0.39, 0.29) is 12.4 Å². The van der Waals surface area contributed by atoms with Crippen LogP contribution in [0.25, 0.3) is 0 Å². The number of halogens is 1. The van der Waals surface area contributed by atoms with Crippen molar-refractivity contribution in [3.05, 3.63) is 18.7 Å². The summed E-state index contributed by atoms with van der Waals surface area (Å²) in [6.07, 6.45) is 5.28. The lowest BCUT2D eigenvalue weighted by molar-refractivity contribution is -0.671. The van der Waals surface area contributed by atoms with Crippen LogP contribution in [0.5, 0.6) is 0 Å². The van der Waals surface area contributed by atoms with Gasteiger partial charge in [-0.05, 0) is 0 Å². The molecule has 0 radical (unpaired) electrons. The molecule has 0 bridgehead atoms. The normalized spacial score (nSPS) is 13.4. The quantitative estimate of drug-likeness (QED) is 0.456. The SMILES string of the molecule is CCC(n1cc[n+](C)c1)S(=O)(=O)O.[Cl-]. The second-order valence-corrected chi connectivity index (χ2v) is 4.48. The first-order valence-electron chi connectivity index (χ1n) is 3.94. The Balaban J connectivity index is 0.00000169. The molecule has 0 aliphatic carbocycles. The molecule has 7 heteroatoms. The minimum atomic E-state index is -4.01. The van der Waals surface area contributed by atoms with E-state index >= 15 is 0 Å². The average molecular weight is 241 g/mol. The van der Waals surface area contributed by atoms with Gasteiger partial charge in [0.25, 0.3) is 0 Å². The monoisotopic (exact) mass is 240 g/mol. The zero-order chi connectivity index (χ0) is 10.1. The standard InChI is InChI=1S/C7H12N2O3S.ClH/c1-3-7(13(10,11)12)9-5-4-8(2)6-9;/h4-7H,3H2,1-2H3;1H. The highest BCUT2D eigenvalue weighted by Crippen LogP contribution is 2.15. The Hall–Kier alpha value is -0.590. The maximum Gasteiger partial charge on any atom is 0.307 e. The zero-order valence-corrected chi connectivity index (χ0v) is 9.53. The first-order chi connectivity index (χ1) is 5.95. The van der Waals surface area contributed by atoms with Crippen LogP contribution < -0.4 is 17.0 Å². The molecule has 0 saturated carbocycles. The van der Waals surface area contributed by atoms with Crippen molar-refractivity contribution < 1.29 is 29.9 Å². The van der Waals surface area contributed by atoms with E-state index in [0.717, 1.165) is 0 Å². The summed E-state index contributed by atoms with van der Waals surface area (Å²) >= 11 is 0. The van der Waals surface area contributed by atoms with Gasteiger partial charge in [0.15, 0.2) is 0 Å². The molecule has 0 saturated heterocycles. The van der Waals surface area contributed by atoms with E-state index in [9.17, 15) is 8.42 Å². The summed E-state index contributed by atoms with van der Waals surface area (Å²) in [7, 11) is -2.22. The van der Waals surface area contributed by atoms with Crippen molar-refractivity contribution in [1.82, 2.24) is 4.57 Å². The van der Waals surface area contributed by atoms with Gasteiger partial charge in [-0.3, -0.25) is 4.55 Å². The molecule has 0 spiro atoms. The van der Waals surface area contributed by atoms with Crippen molar-refractivity contribution in [1.29, 1.82) is 0 Å². The molecule has 1 aromatic rings. The van der Waals surface area contributed by atoms with E-state index in [1.54, 1.807) is 37.3 Å². The van der Waals surface area contributed by atoms with Gasteiger partial charge in [-0.15, -0.1) is 0 Å². The predicted octanol–water partition coefficient (Wildman–Crippen LogP) is -2.89. The smallest absolute Gasteiger partial charge is 0.307 e. The minimum absolute atomic E-state index is 0. The van der Waals surface area contributed by atoms with E-state index < -0.39 is 15.5 Å². The Kier molecular flexibility index (Phi) is 4.57. The summed E-state index contributed by atoms with van der Waals surface area (Å²) in [5.41, 5.74) is 0. The molecule has 1 heterocycles. The third-order valence-corrected chi connectivity index (χ3v) is 3.08. The van der Waals surface area contributed by atoms with Crippen molar-refractivity contribution in [3.8, 4) is 0 Å². The van der Waals surface area contributed by atoms with Crippen molar-refractivity contribution in [2.24, 2.45) is 7.05 Å². The van der Waals surface area contributed by atoms with Crippen LogP contribution in [0, 0.1) is 0 Å². The van der Waals surface area contributed by atoms with Gasteiger partial charge in [0.2, 0.25) is 11.7 Å². The van der Waals surface area contributed by atoms with Crippen LogP contribution in [0.2, 0.25) is 0 Å². The zero-order valence-electron chi connectivity index (χ0n) is 7.96. The van der Waals surface area contributed by atoms with Gasteiger partial charge in [0.05, 0.1) is 7.05 Å². The van der Waals surface area contributed by atoms with Gasteiger partial charge in [-0.1, -0.05) is 6.92 Å². The number of hydrogen-bond acceptors (Lipinski definition) is 2. The fraction of sp³-hybridized carbons (Fsp3) is 0.571. The molecule has 1 N–H and O–H groups in total. The molecule has 5 nitrogen and oxygen atoms in total. The second kappa shape index (κ2) is 4.77. The number of hydrogen-bond donors (Lipinski definition) is 1. The molecule has 1 atom stereocenters.